The molecule has 4 heteroatoms. The SMILES string of the molecule is CCCC(CC)C(=O)O.CCCCC(=O)O. The van der Waals surface area contributed by atoms with E-state index < -0.39 is 11.9 Å². The molecular weight excluding hydrogens is 208 g/mol. The van der Waals surface area contributed by atoms with Crippen molar-refractivity contribution < 1.29 is 19.8 Å². The van der Waals surface area contributed by atoms with Crippen LogP contribution >= 0.6 is 0 Å². The van der Waals surface area contributed by atoms with E-state index in [1.54, 1.807) is 0 Å². The smallest absolute Gasteiger partial charge is 0.306 e. The number of unbranched alkanes of at least 4 members (excludes halogenated alkanes) is 1. The van der Waals surface area contributed by atoms with Gasteiger partial charge in [-0.3, -0.25) is 9.59 Å². The molecule has 1 unspecified atom stereocenters. The lowest BCUT2D eigenvalue weighted by Gasteiger charge is -2.05. The minimum atomic E-state index is -0.693. The Balaban J connectivity index is 0. The highest BCUT2D eigenvalue weighted by molar-refractivity contribution is 5.69. The molecule has 0 aromatic rings. The van der Waals surface area contributed by atoms with Gasteiger partial charge in [0, 0.05) is 6.42 Å². The molecule has 2 N–H and O–H groups in total. The van der Waals surface area contributed by atoms with Crippen molar-refractivity contribution >= 4 is 11.9 Å². The Bertz CT molecular complexity index is 189. The number of carbonyl (C=O) groups is 2. The number of carboxylic acids is 2. The molecule has 96 valence electrons. The van der Waals surface area contributed by atoms with Crippen LogP contribution in [0.15, 0.2) is 0 Å². The van der Waals surface area contributed by atoms with E-state index in [2.05, 4.69) is 0 Å². The van der Waals surface area contributed by atoms with Gasteiger partial charge in [0.25, 0.3) is 0 Å². The van der Waals surface area contributed by atoms with E-state index in [0.717, 1.165) is 32.1 Å². The second-order valence-corrected chi connectivity index (χ2v) is 3.73. The third kappa shape index (κ3) is 12.9. The molecule has 0 aromatic carbocycles. The van der Waals surface area contributed by atoms with Crippen LogP contribution in [0.4, 0.5) is 0 Å². The predicted octanol–water partition coefficient (Wildman–Crippen LogP) is 3.16. The number of hydrogen-bond acceptors (Lipinski definition) is 2. The van der Waals surface area contributed by atoms with E-state index in [1.807, 2.05) is 20.8 Å². The number of carboxylic acid groups (broad SMARTS) is 2. The summed E-state index contributed by atoms with van der Waals surface area (Å²) in [6, 6.07) is 0. The van der Waals surface area contributed by atoms with E-state index in [-0.39, 0.29) is 5.92 Å². The minimum Gasteiger partial charge on any atom is -0.481 e. The van der Waals surface area contributed by atoms with E-state index in [9.17, 15) is 9.59 Å². The van der Waals surface area contributed by atoms with Gasteiger partial charge in [-0.15, -0.1) is 0 Å². The number of hydrogen-bond donors (Lipinski definition) is 2. The van der Waals surface area contributed by atoms with Crippen molar-refractivity contribution in [2.75, 3.05) is 0 Å². The van der Waals surface area contributed by atoms with Crippen LogP contribution in [0.25, 0.3) is 0 Å². The summed E-state index contributed by atoms with van der Waals surface area (Å²) in [5, 5.41) is 16.5. The van der Waals surface area contributed by atoms with Crippen molar-refractivity contribution in [2.45, 2.75) is 59.3 Å². The molecule has 0 saturated heterocycles. The molecule has 0 radical (unpaired) electrons. The Morgan fingerprint density at radius 2 is 1.62 bits per heavy atom. The maximum Gasteiger partial charge on any atom is 0.306 e. The molecule has 4 nitrogen and oxygen atoms in total. The fourth-order valence-electron chi connectivity index (χ4n) is 1.18. The average Bonchev–Trinajstić information content (AvgIpc) is 2.23. The molecule has 0 aromatic heterocycles. The van der Waals surface area contributed by atoms with Crippen LogP contribution < -0.4 is 0 Å². The van der Waals surface area contributed by atoms with Gasteiger partial charge in [0.1, 0.15) is 0 Å². The summed E-state index contributed by atoms with van der Waals surface area (Å²) in [6.45, 7) is 5.89. The molecular formula is C12H24O4. The first-order valence-corrected chi connectivity index (χ1v) is 5.94. The monoisotopic (exact) mass is 232 g/mol. The van der Waals surface area contributed by atoms with Gasteiger partial charge in [0.15, 0.2) is 0 Å². The molecule has 1 atom stereocenters. The molecule has 0 fully saturated rings. The van der Waals surface area contributed by atoms with Gasteiger partial charge >= 0.3 is 11.9 Å². The largest absolute Gasteiger partial charge is 0.481 e. The molecule has 0 rings (SSSR count). The standard InChI is InChI=1S/C7H14O2.C5H10O2/c1-3-5-6(4-2)7(8)9;1-2-3-4-5(6)7/h6H,3-5H2,1-2H3,(H,8,9);2-4H2,1H3,(H,6,7). The molecule has 0 aliphatic heterocycles. The summed E-state index contributed by atoms with van der Waals surface area (Å²) >= 11 is 0. The van der Waals surface area contributed by atoms with Gasteiger partial charge in [0.2, 0.25) is 0 Å². The fraction of sp³-hybridized carbons (Fsp3) is 0.833. The Morgan fingerprint density at radius 1 is 1.06 bits per heavy atom. The zero-order valence-corrected chi connectivity index (χ0v) is 10.5. The van der Waals surface area contributed by atoms with Crippen LogP contribution in [-0.2, 0) is 9.59 Å². The lowest BCUT2D eigenvalue weighted by Crippen LogP contribution is -2.11. The highest BCUT2D eigenvalue weighted by Gasteiger charge is 2.12. The zero-order chi connectivity index (χ0) is 13.0. The van der Waals surface area contributed by atoms with Crippen LogP contribution in [0, 0.1) is 5.92 Å². The summed E-state index contributed by atoms with van der Waals surface area (Å²) < 4.78 is 0. The summed E-state index contributed by atoms with van der Waals surface area (Å²) in [5.74, 6) is -1.46. The third-order valence-electron chi connectivity index (χ3n) is 2.22. The third-order valence-corrected chi connectivity index (χ3v) is 2.22. The van der Waals surface area contributed by atoms with E-state index >= 15 is 0 Å². The fourth-order valence-corrected chi connectivity index (χ4v) is 1.18. The molecule has 16 heavy (non-hydrogen) atoms. The minimum absolute atomic E-state index is 0.116. The van der Waals surface area contributed by atoms with Crippen LogP contribution in [-0.4, -0.2) is 22.2 Å². The predicted molar refractivity (Wildman–Crippen MR) is 63.5 cm³/mol. The Morgan fingerprint density at radius 3 is 1.75 bits per heavy atom. The second-order valence-electron chi connectivity index (χ2n) is 3.73. The molecule has 0 spiro atoms. The zero-order valence-electron chi connectivity index (χ0n) is 10.5. The Labute approximate surface area is 97.7 Å². The highest BCUT2D eigenvalue weighted by Crippen LogP contribution is 2.09. The maximum atomic E-state index is 10.3. The molecule has 0 aliphatic rings. The average molecular weight is 232 g/mol. The topological polar surface area (TPSA) is 74.6 Å². The van der Waals surface area contributed by atoms with Gasteiger partial charge in [-0.1, -0.05) is 33.6 Å². The van der Waals surface area contributed by atoms with Crippen molar-refractivity contribution in [1.29, 1.82) is 0 Å². The number of rotatable bonds is 7. The van der Waals surface area contributed by atoms with Crippen molar-refractivity contribution in [2.24, 2.45) is 5.92 Å². The summed E-state index contributed by atoms with van der Waals surface area (Å²) in [6.07, 6.45) is 4.61. The Kier molecular flexibility index (Phi) is 13.0. The van der Waals surface area contributed by atoms with Crippen LogP contribution in [0.2, 0.25) is 0 Å². The maximum absolute atomic E-state index is 10.3. The van der Waals surface area contributed by atoms with Gasteiger partial charge in [-0.2, -0.15) is 0 Å². The Hall–Kier alpha value is -1.06. The van der Waals surface area contributed by atoms with Crippen LogP contribution in [0.3, 0.4) is 0 Å². The summed E-state index contributed by atoms with van der Waals surface area (Å²) in [5.41, 5.74) is 0. The highest BCUT2D eigenvalue weighted by atomic mass is 16.4. The van der Waals surface area contributed by atoms with Crippen LogP contribution in [0.5, 0.6) is 0 Å². The van der Waals surface area contributed by atoms with Gasteiger partial charge in [0.05, 0.1) is 5.92 Å². The summed E-state index contributed by atoms with van der Waals surface area (Å²) in [4.78, 5) is 20.1. The van der Waals surface area contributed by atoms with Gasteiger partial charge < -0.3 is 10.2 Å². The van der Waals surface area contributed by atoms with Gasteiger partial charge in [-0.25, -0.2) is 0 Å². The molecule has 0 saturated carbocycles. The van der Waals surface area contributed by atoms with Crippen molar-refractivity contribution in [3.05, 3.63) is 0 Å². The lowest BCUT2D eigenvalue weighted by molar-refractivity contribution is -0.142. The molecule has 0 aliphatic carbocycles. The second kappa shape index (κ2) is 12.0. The van der Waals surface area contributed by atoms with Crippen molar-refractivity contribution in [1.82, 2.24) is 0 Å². The van der Waals surface area contributed by atoms with Crippen LogP contribution in [0.1, 0.15) is 59.3 Å². The van der Waals surface area contributed by atoms with E-state index in [4.69, 9.17) is 10.2 Å². The first-order chi connectivity index (χ1) is 7.49. The quantitative estimate of drug-likeness (QED) is 0.707. The van der Waals surface area contributed by atoms with Crippen molar-refractivity contribution in [3.63, 3.8) is 0 Å². The normalized spacial score (nSPS) is 11.2. The molecule has 0 heterocycles. The lowest BCUT2D eigenvalue weighted by atomic mass is 10.0. The van der Waals surface area contributed by atoms with Gasteiger partial charge in [-0.05, 0) is 19.3 Å². The summed E-state index contributed by atoms with van der Waals surface area (Å²) in [7, 11) is 0. The first kappa shape index (κ1) is 17.3. The first-order valence-electron chi connectivity index (χ1n) is 5.94. The van der Waals surface area contributed by atoms with E-state index in [1.165, 1.54) is 0 Å². The number of aliphatic carboxylic acids is 2. The van der Waals surface area contributed by atoms with Crippen molar-refractivity contribution in [3.8, 4) is 0 Å². The molecule has 0 amide bonds. The molecule has 0 bridgehead atoms. The van der Waals surface area contributed by atoms with E-state index in [0.29, 0.717) is 6.42 Å².